The average Bonchev–Trinajstić information content (AvgIpc) is 3.44. The summed E-state index contributed by atoms with van der Waals surface area (Å²) in [6.07, 6.45) is 5.24. The van der Waals surface area contributed by atoms with Crippen molar-refractivity contribution < 1.29 is 13.2 Å². The van der Waals surface area contributed by atoms with Gasteiger partial charge in [0.05, 0.1) is 50.7 Å². The molecule has 0 saturated carbocycles. The van der Waals surface area contributed by atoms with Crippen molar-refractivity contribution in [3.8, 4) is 17.0 Å². The molecule has 0 spiro atoms. The molecule has 10 nitrogen and oxygen atoms in total. The predicted octanol–water partition coefficient (Wildman–Crippen LogP) is 6.35. The number of para-hydroxylation sites is 1. The van der Waals surface area contributed by atoms with Crippen LogP contribution in [0.4, 0.5) is 17.3 Å². The fourth-order valence-electron chi connectivity index (χ4n) is 6.34. The lowest BCUT2D eigenvalue weighted by atomic mass is 10.0. The van der Waals surface area contributed by atoms with E-state index in [0.717, 1.165) is 68.9 Å². The molecule has 0 aliphatic carbocycles. The molecule has 0 bridgehead atoms. The van der Waals surface area contributed by atoms with Crippen molar-refractivity contribution in [1.82, 2.24) is 23.7 Å². The zero-order valence-electron chi connectivity index (χ0n) is 26.7. The molecule has 0 radical (unpaired) electrons. The van der Waals surface area contributed by atoms with Gasteiger partial charge in [0.25, 0.3) is 0 Å². The number of anilines is 3. The van der Waals surface area contributed by atoms with Crippen molar-refractivity contribution in [2.45, 2.75) is 45.8 Å². The van der Waals surface area contributed by atoms with E-state index in [2.05, 4.69) is 32.0 Å². The molecule has 2 aromatic carbocycles. The van der Waals surface area contributed by atoms with E-state index >= 15 is 0 Å². The molecule has 0 amide bonds. The minimum Gasteiger partial charge on any atom is -0.489 e. The van der Waals surface area contributed by atoms with Gasteiger partial charge in [-0.15, -0.1) is 0 Å². The first-order valence-corrected chi connectivity index (χ1v) is 18.2. The topological polar surface area (TPSA) is 95.8 Å². The number of hydrogen-bond donors (Lipinski definition) is 1. The summed E-state index contributed by atoms with van der Waals surface area (Å²) < 4.78 is 33.4. The minimum atomic E-state index is -3.55. The minimum absolute atomic E-state index is 0.0363. The Hall–Kier alpha value is -3.09. The maximum Gasteiger partial charge on any atom is 0.238 e. The monoisotopic (exact) mass is 685 g/mol. The largest absolute Gasteiger partial charge is 0.489 e. The summed E-state index contributed by atoms with van der Waals surface area (Å²) >= 11 is 13.5. The highest BCUT2D eigenvalue weighted by Crippen LogP contribution is 2.41. The standard InChI is InChI=1S/C33H41Cl2N7O3S/c1-5-46(43,44)42-21-25(24-8-6-7-9-29(24)42)32-27(35)20-36-33(38-32)37-28-19-31(45-22(2)3)30(18-26(28)34)41-12-10-23(11-13-41)40-16-14-39(4)15-17-40/h6-9,18-23H,5,10-17H2,1-4H3,(H,36,37,38). The number of nitrogens with zero attached hydrogens (tertiary/aromatic N) is 6. The van der Waals surface area contributed by atoms with Crippen LogP contribution in [0.15, 0.2) is 48.8 Å². The third-order valence-corrected chi connectivity index (χ3v) is 11.1. The summed E-state index contributed by atoms with van der Waals surface area (Å²) in [7, 11) is -1.36. The fourth-order valence-corrected chi connectivity index (χ4v) is 7.74. The van der Waals surface area contributed by atoms with E-state index in [1.807, 2.05) is 38.1 Å². The lowest BCUT2D eigenvalue weighted by Gasteiger charge is -2.43. The number of aromatic nitrogens is 3. The molecular weight excluding hydrogens is 645 g/mol. The van der Waals surface area contributed by atoms with Crippen LogP contribution in [0.3, 0.4) is 0 Å². The third-order valence-electron chi connectivity index (χ3n) is 8.86. The Morgan fingerprint density at radius 3 is 2.43 bits per heavy atom. The molecule has 6 rings (SSSR count). The second-order valence-corrected chi connectivity index (χ2v) is 15.2. The zero-order chi connectivity index (χ0) is 32.6. The number of fused-ring (bicyclic) bond motifs is 1. The van der Waals surface area contributed by atoms with Crippen molar-refractivity contribution >= 4 is 61.5 Å². The molecule has 2 aliphatic heterocycles. The van der Waals surface area contributed by atoms with E-state index in [1.165, 1.54) is 10.2 Å². The Labute approximate surface area is 281 Å². The summed E-state index contributed by atoms with van der Waals surface area (Å²) in [6, 6.07) is 11.8. The van der Waals surface area contributed by atoms with Gasteiger partial charge in [0.2, 0.25) is 16.0 Å². The van der Waals surface area contributed by atoms with Crippen LogP contribution in [0.2, 0.25) is 10.0 Å². The molecule has 4 aromatic rings. The summed E-state index contributed by atoms with van der Waals surface area (Å²) in [5.74, 6) is 0.966. The maximum atomic E-state index is 12.9. The highest BCUT2D eigenvalue weighted by molar-refractivity contribution is 7.90. The molecule has 246 valence electrons. The second-order valence-electron chi connectivity index (χ2n) is 12.3. The van der Waals surface area contributed by atoms with E-state index in [-0.39, 0.29) is 17.8 Å². The summed E-state index contributed by atoms with van der Waals surface area (Å²) in [6.45, 7) is 12.0. The normalized spacial score (nSPS) is 17.2. The van der Waals surface area contributed by atoms with Gasteiger partial charge in [-0.2, -0.15) is 0 Å². The highest BCUT2D eigenvalue weighted by Gasteiger charge is 2.29. The Balaban J connectivity index is 1.27. The Kier molecular flexibility index (Phi) is 9.68. The van der Waals surface area contributed by atoms with Crippen molar-refractivity contribution in [1.29, 1.82) is 0 Å². The van der Waals surface area contributed by atoms with Crippen molar-refractivity contribution in [3.63, 3.8) is 0 Å². The van der Waals surface area contributed by atoms with Crippen LogP contribution in [0.5, 0.6) is 5.75 Å². The molecule has 0 unspecified atom stereocenters. The van der Waals surface area contributed by atoms with Crippen LogP contribution in [0, 0.1) is 0 Å². The zero-order valence-corrected chi connectivity index (χ0v) is 29.0. The maximum absolute atomic E-state index is 12.9. The van der Waals surface area contributed by atoms with Gasteiger partial charge in [0.1, 0.15) is 5.75 Å². The Morgan fingerprint density at radius 1 is 1.02 bits per heavy atom. The first-order valence-electron chi connectivity index (χ1n) is 15.8. The summed E-state index contributed by atoms with van der Waals surface area (Å²) in [5.41, 5.74) is 3.13. The average molecular weight is 687 g/mol. The van der Waals surface area contributed by atoms with E-state index in [0.29, 0.717) is 38.5 Å². The van der Waals surface area contributed by atoms with Crippen LogP contribution in [-0.4, -0.2) is 96.4 Å². The lowest BCUT2D eigenvalue weighted by Crippen LogP contribution is -2.52. The van der Waals surface area contributed by atoms with Gasteiger partial charge in [-0.3, -0.25) is 4.90 Å². The van der Waals surface area contributed by atoms with Gasteiger partial charge in [-0.05, 0) is 52.8 Å². The van der Waals surface area contributed by atoms with Gasteiger partial charge >= 0.3 is 0 Å². The molecule has 0 atom stereocenters. The summed E-state index contributed by atoms with van der Waals surface area (Å²) in [5, 5.41) is 4.79. The number of piperazine rings is 1. The molecule has 13 heteroatoms. The van der Waals surface area contributed by atoms with Gasteiger partial charge in [-0.25, -0.2) is 22.4 Å². The third kappa shape index (κ3) is 6.80. The molecule has 2 aliphatic rings. The molecule has 46 heavy (non-hydrogen) atoms. The van der Waals surface area contributed by atoms with Crippen LogP contribution in [0.1, 0.15) is 33.6 Å². The number of piperidine rings is 1. The predicted molar refractivity (Wildman–Crippen MR) is 188 cm³/mol. The fraction of sp³-hybridized carbons (Fsp3) is 0.455. The lowest BCUT2D eigenvalue weighted by molar-refractivity contribution is 0.0981. The van der Waals surface area contributed by atoms with Gasteiger partial charge in [-0.1, -0.05) is 41.4 Å². The van der Waals surface area contributed by atoms with Gasteiger partial charge in [0.15, 0.2) is 0 Å². The second kappa shape index (κ2) is 13.6. The molecule has 2 saturated heterocycles. The SMILES string of the molecule is CCS(=O)(=O)n1cc(-c2nc(Nc3cc(OC(C)C)c(N4CCC(N5CCN(C)CC5)CC4)cc3Cl)ncc2Cl)c2ccccc21. The molecule has 2 fully saturated rings. The smallest absolute Gasteiger partial charge is 0.238 e. The van der Waals surface area contributed by atoms with E-state index < -0.39 is 10.0 Å². The molecular formula is C33H41Cl2N7O3S. The number of nitrogens with one attached hydrogen (secondary N) is 1. The van der Waals surface area contributed by atoms with Crippen molar-refractivity contribution in [2.75, 3.05) is 62.3 Å². The molecule has 2 aromatic heterocycles. The number of benzene rings is 2. The van der Waals surface area contributed by atoms with Crippen LogP contribution >= 0.6 is 23.2 Å². The Morgan fingerprint density at radius 2 is 1.74 bits per heavy atom. The number of ether oxygens (including phenoxy) is 1. The van der Waals surface area contributed by atoms with Crippen molar-refractivity contribution in [3.05, 3.63) is 58.8 Å². The quantitative estimate of drug-likeness (QED) is 0.216. The van der Waals surface area contributed by atoms with E-state index in [1.54, 1.807) is 25.3 Å². The highest BCUT2D eigenvalue weighted by atomic mass is 35.5. The summed E-state index contributed by atoms with van der Waals surface area (Å²) in [4.78, 5) is 16.6. The van der Waals surface area contributed by atoms with Crippen LogP contribution in [0.25, 0.3) is 22.2 Å². The Bertz CT molecular complexity index is 1820. The molecule has 4 heterocycles. The molecule has 1 N–H and O–H groups in total. The van der Waals surface area contributed by atoms with Gasteiger partial charge in [0, 0.05) is 68.5 Å². The van der Waals surface area contributed by atoms with Crippen molar-refractivity contribution in [2.24, 2.45) is 0 Å². The first kappa shape index (κ1) is 32.8. The number of halogens is 2. The number of likely N-dealkylation sites (N-methyl/N-ethyl adjacent to an activating group) is 1. The van der Waals surface area contributed by atoms with E-state index in [4.69, 9.17) is 32.9 Å². The van der Waals surface area contributed by atoms with Gasteiger partial charge < -0.3 is 19.9 Å². The van der Waals surface area contributed by atoms with E-state index in [9.17, 15) is 8.42 Å². The van der Waals surface area contributed by atoms with Crippen LogP contribution < -0.4 is 15.0 Å². The van der Waals surface area contributed by atoms with Crippen LogP contribution in [-0.2, 0) is 10.0 Å². The first-order chi connectivity index (χ1) is 22.0. The number of hydrogen-bond acceptors (Lipinski definition) is 9. The number of rotatable bonds is 9.